The average molecular weight is 98.2 g/mol. The third kappa shape index (κ3) is 1.05. The number of hydrogen-bond acceptors (Lipinski definition) is 1. The van der Waals surface area contributed by atoms with E-state index < -0.39 is 0 Å². The van der Waals surface area contributed by atoms with Gasteiger partial charge in [-0.2, -0.15) is 0 Å². The van der Waals surface area contributed by atoms with Crippen LogP contribution in [0.25, 0.3) is 0 Å². The topological polar surface area (TPSA) is 0 Å². The van der Waals surface area contributed by atoms with Crippen molar-refractivity contribution in [2.24, 2.45) is 0 Å². The second-order valence-electron chi connectivity index (χ2n) is 1.13. The Bertz CT molecular complexity index is 49.0. The molecule has 0 fully saturated rings. The molecule has 1 rings (SSSR count). The molecule has 1 heteroatoms. The average Bonchev–Trinajstić information content (AvgIpc) is 1.72. The van der Waals surface area contributed by atoms with Crippen molar-refractivity contribution in [3.63, 3.8) is 0 Å². The molecule has 0 bridgehead atoms. The van der Waals surface area contributed by atoms with E-state index in [4.69, 9.17) is 0 Å². The van der Waals surface area contributed by atoms with E-state index in [1.54, 1.807) is 11.8 Å². The summed E-state index contributed by atoms with van der Waals surface area (Å²) in [5, 5.41) is 0. The molecule has 0 amide bonds. The van der Waals surface area contributed by atoms with Gasteiger partial charge in [-0.3, -0.25) is 0 Å². The first-order valence-electron chi connectivity index (χ1n) is 2.00. The maximum absolute atomic E-state index is 3.11. The summed E-state index contributed by atoms with van der Waals surface area (Å²) in [5.74, 6) is 4.24. The summed E-state index contributed by atoms with van der Waals surface area (Å²) in [6.45, 7) is 0. The molecule has 1 heterocycles. The number of rotatable bonds is 0. The highest BCUT2D eigenvalue weighted by atomic mass is 32.2. The zero-order valence-corrected chi connectivity index (χ0v) is 4.29. The Morgan fingerprint density at radius 3 is 2.67 bits per heavy atom. The van der Waals surface area contributed by atoms with Gasteiger partial charge in [-0.05, 0) is 6.42 Å². The van der Waals surface area contributed by atoms with Crippen LogP contribution in [0.3, 0.4) is 0 Å². The standard InChI is InChI=1S/C5H6S/c1-2-4-6-5-3-1/h1-2H,3-4H2. The van der Waals surface area contributed by atoms with Crippen molar-refractivity contribution in [2.75, 3.05) is 5.75 Å². The largest absolute Gasteiger partial charge is 0.148 e. The normalized spacial score (nSPS) is 21.3. The fourth-order valence-electron chi connectivity index (χ4n) is 0.365. The van der Waals surface area contributed by atoms with Crippen molar-refractivity contribution in [3.05, 3.63) is 17.9 Å². The van der Waals surface area contributed by atoms with Crippen LogP contribution < -0.4 is 0 Å². The number of hydrogen-bond donors (Lipinski definition) is 0. The Kier molecular flexibility index (Phi) is 1.63. The molecule has 0 nitrogen and oxygen atoms in total. The van der Waals surface area contributed by atoms with Gasteiger partial charge in [0.1, 0.15) is 0 Å². The van der Waals surface area contributed by atoms with E-state index in [9.17, 15) is 0 Å². The van der Waals surface area contributed by atoms with Crippen molar-refractivity contribution in [2.45, 2.75) is 6.42 Å². The Morgan fingerprint density at radius 1 is 1.50 bits per heavy atom. The summed E-state index contributed by atoms with van der Waals surface area (Å²) >= 11 is 1.76. The molecular weight excluding hydrogens is 92.1 g/mol. The Hall–Kier alpha value is 0.0900. The van der Waals surface area contributed by atoms with Crippen molar-refractivity contribution >= 4 is 11.8 Å². The van der Waals surface area contributed by atoms with Crippen molar-refractivity contribution in [1.82, 2.24) is 0 Å². The van der Waals surface area contributed by atoms with E-state index in [1.807, 2.05) is 0 Å². The molecule has 0 saturated heterocycles. The molecule has 6 heavy (non-hydrogen) atoms. The molecular formula is C5H6S. The van der Waals surface area contributed by atoms with Gasteiger partial charge < -0.3 is 0 Å². The lowest BCUT2D eigenvalue weighted by molar-refractivity contribution is 1.33. The predicted molar refractivity (Wildman–Crippen MR) is 29.5 cm³/mol. The molecule has 0 unspecified atom stereocenters. The lowest BCUT2D eigenvalue weighted by Crippen LogP contribution is -1.77. The quantitative estimate of drug-likeness (QED) is 0.416. The molecule has 32 valence electrons. The highest BCUT2D eigenvalue weighted by Gasteiger charge is 1.88. The van der Waals surface area contributed by atoms with Gasteiger partial charge in [0.2, 0.25) is 0 Å². The second kappa shape index (κ2) is 2.30. The lowest BCUT2D eigenvalue weighted by atomic mass is 10.4. The first-order valence-corrected chi connectivity index (χ1v) is 2.98. The van der Waals surface area contributed by atoms with E-state index in [2.05, 4.69) is 17.9 Å². The third-order valence-corrected chi connectivity index (χ3v) is 1.38. The van der Waals surface area contributed by atoms with Crippen molar-refractivity contribution in [1.29, 1.82) is 0 Å². The van der Waals surface area contributed by atoms with Gasteiger partial charge in [-0.25, -0.2) is 0 Å². The van der Waals surface area contributed by atoms with Gasteiger partial charge >= 0.3 is 0 Å². The monoisotopic (exact) mass is 98.0 g/mol. The summed E-state index contributed by atoms with van der Waals surface area (Å²) in [6, 6.07) is 0. The van der Waals surface area contributed by atoms with Gasteiger partial charge in [0.25, 0.3) is 0 Å². The van der Waals surface area contributed by atoms with E-state index in [0.29, 0.717) is 0 Å². The fraction of sp³-hybridized carbons (Fsp3) is 0.400. The van der Waals surface area contributed by atoms with Crippen LogP contribution in [0.4, 0.5) is 0 Å². The third-order valence-electron chi connectivity index (χ3n) is 0.649. The summed E-state index contributed by atoms with van der Waals surface area (Å²) in [5.41, 5.74) is 0. The molecule has 0 aromatic rings. The fourth-order valence-corrected chi connectivity index (χ4v) is 0.930. The highest BCUT2D eigenvalue weighted by Crippen LogP contribution is 2.13. The van der Waals surface area contributed by atoms with E-state index in [-0.39, 0.29) is 0 Å². The zero-order valence-electron chi connectivity index (χ0n) is 3.48. The molecule has 1 aliphatic heterocycles. The molecule has 0 saturated carbocycles. The zero-order chi connectivity index (χ0) is 4.24. The molecule has 0 atom stereocenters. The molecule has 0 aromatic heterocycles. The van der Waals surface area contributed by atoms with Crippen LogP contribution in [0.2, 0.25) is 0 Å². The van der Waals surface area contributed by atoms with Crippen LogP contribution in [0.15, 0.2) is 12.2 Å². The van der Waals surface area contributed by atoms with E-state index in [1.165, 1.54) is 0 Å². The lowest BCUT2D eigenvalue weighted by Gasteiger charge is -1.96. The maximum atomic E-state index is 3.11. The van der Waals surface area contributed by atoms with Gasteiger partial charge in [0, 0.05) is 5.75 Å². The van der Waals surface area contributed by atoms with Gasteiger partial charge in [-0.15, -0.1) is 11.8 Å². The van der Waals surface area contributed by atoms with Crippen LogP contribution in [0.5, 0.6) is 0 Å². The Morgan fingerprint density at radius 2 is 2.50 bits per heavy atom. The van der Waals surface area contributed by atoms with Crippen molar-refractivity contribution in [3.8, 4) is 0 Å². The van der Waals surface area contributed by atoms with E-state index >= 15 is 0 Å². The van der Waals surface area contributed by atoms with Gasteiger partial charge in [0.05, 0.1) is 5.75 Å². The highest BCUT2D eigenvalue weighted by molar-refractivity contribution is 8.01. The molecule has 0 spiro atoms. The molecule has 0 aromatic carbocycles. The molecule has 2 radical (unpaired) electrons. The van der Waals surface area contributed by atoms with Gasteiger partial charge in [-0.1, -0.05) is 12.2 Å². The van der Waals surface area contributed by atoms with E-state index in [0.717, 1.165) is 12.2 Å². The minimum absolute atomic E-state index is 1.03. The van der Waals surface area contributed by atoms with Crippen molar-refractivity contribution < 1.29 is 0 Å². The van der Waals surface area contributed by atoms with Crippen LogP contribution in [0.1, 0.15) is 6.42 Å². The SMILES string of the molecule is [C]1CC=CCS1. The first kappa shape index (κ1) is 4.25. The molecule has 0 aliphatic carbocycles. The van der Waals surface area contributed by atoms with Crippen LogP contribution >= 0.6 is 11.8 Å². The summed E-state index contributed by atoms with van der Waals surface area (Å²) < 4.78 is 0. The van der Waals surface area contributed by atoms with Crippen LogP contribution in [-0.2, 0) is 0 Å². The van der Waals surface area contributed by atoms with Gasteiger partial charge in [0.15, 0.2) is 0 Å². The minimum Gasteiger partial charge on any atom is -0.148 e. The summed E-state index contributed by atoms with van der Waals surface area (Å²) in [6.07, 6.45) is 5.34. The first-order chi connectivity index (χ1) is 3.00. The van der Waals surface area contributed by atoms with Crippen LogP contribution in [-0.4, -0.2) is 5.75 Å². The molecule has 1 aliphatic rings. The smallest absolute Gasteiger partial charge is 0.0524 e. The Labute approximate surface area is 42.6 Å². The minimum atomic E-state index is 1.03. The Balaban J connectivity index is 2.26. The van der Waals surface area contributed by atoms with Crippen LogP contribution in [0, 0.1) is 5.75 Å². The molecule has 0 N–H and O–H groups in total. The summed E-state index contributed by atoms with van der Waals surface area (Å²) in [4.78, 5) is 0. The number of allylic oxidation sites excluding steroid dienone is 1. The second-order valence-corrected chi connectivity index (χ2v) is 2.04. The predicted octanol–water partition coefficient (Wildman–Crippen LogP) is 1.72. The summed E-state index contributed by atoms with van der Waals surface area (Å²) in [7, 11) is 0. The maximum Gasteiger partial charge on any atom is 0.0524 e. The number of thioether (sulfide) groups is 1.